The number of aromatic nitrogens is 2. The van der Waals surface area contributed by atoms with E-state index in [1.165, 1.54) is 12.4 Å². The van der Waals surface area contributed by atoms with Gasteiger partial charge < -0.3 is 14.5 Å². The van der Waals surface area contributed by atoms with E-state index in [0.717, 1.165) is 5.52 Å². The fourth-order valence-corrected chi connectivity index (χ4v) is 3.73. The molecule has 0 spiro atoms. The number of hydrogen-bond donors (Lipinski definition) is 2. The number of fused-ring (bicyclic) bond motifs is 1. The third-order valence-electron chi connectivity index (χ3n) is 3.60. The number of sulfonamides is 1. The highest BCUT2D eigenvalue weighted by Crippen LogP contribution is 2.18. The van der Waals surface area contributed by atoms with Crippen LogP contribution >= 0.6 is 0 Å². The van der Waals surface area contributed by atoms with Crippen LogP contribution in [0.25, 0.3) is 11.0 Å². The Labute approximate surface area is 122 Å². The molecule has 1 aliphatic heterocycles. The summed E-state index contributed by atoms with van der Waals surface area (Å²) < 4.78 is 38.3. The minimum atomic E-state index is -3.63. The molecule has 8 heteroatoms. The Balaban J connectivity index is 1.85. The van der Waals surface area contributed by atoms with E-state index in [4.69, 9.17) is 9.47 Å². The first-order chi connectivity index (χ1) is 10.1. The standard InChI is InChI=1S/C13H17N3O4S/c1-19-13-4-5-20-7-12(13)16-21(17,18)9-2-3-10-11(6-9)15-8-14-10/h2-3,6,8,12-13,16H,4-5,7H2,1H3,(H,14,15)/t12-,13-/m1/s1. The van der Waals surface area contributed by atoms with Crippen molar-refractivity contribution in [3.05, 3.63) is 24.5 Å². The zero-order chi connectivity index (χ0) is 14.9. The number of rotatable bonds is 4. The van der Waals surface area contributed by atoms with Crippen molar-refractivity contribution >= 4 is 21.1 Å². The van der Waals surface area contributed by atoms with Crippen LogP contribution in [-0.4, -0.2) is 50.9 Å². The highest BCUT2D eigenvalue weighted by Gasteiger charge is 2.30. The molecule has 3 rings (SSSR count). The maximum Gasteiger partial charge on any atom is 0.241 e. The number of nitrogens with zero attached hydrogens (tertiary/aromatic N) is 1. The molecule has 0 saturated carbocycles. The van der Waals surface area contributed by atoms with E-state index in [-0.39, 0.29) is 17.0 Å². The molecule has 21 heavy (non-hydrogen) atoms. The van der Waals surface area contributed by atoms with E-state index in [9.17, 15) is 8.42 Å². The van der Waals surface area contributed by atoms with Gasteiger partial charge in [-0.15, -0.1) is 0 Å². The third kappa shape index (κ3) is 2.93. The van der Waals surface area contributed by atoms with E-state index in [0.29, 0.717) is 25.2 Å². The maximum absolute atomic E-state index is 12.5. The van der Waals surface area contributed by atoms with Crippen LogP contribution in [0.2, 0.25) is 0 Å². The van der Waals surface area contributed by atoms with Crippen LogP contribution in [0.4, 0.5) is 0 Å². The lowest BCUT2D eigenvalue weighted by Gasteiger charge is -2.30. The third-order valence-corrected chi connectivity index (χ3v) is 5.09. The molecule has 1 fully saturated rings. The summed E-state index contributed by atoms with van der Waals surface area (Å²) in [6.07, 6.45) is 2.03. The normalized spacial score (nSPS) is 23.5. The number of methoxy groups -OCH3 is 1. The lowest BCUT2D eigenvalue weighted by molar-refractivity contribution is -0.0305. The molecule has 1 aliphatic rings. The molecular formula is C13H17N3O4S. The van der Waals surface area contributed by atoms with Crippen LogP contribution < -0.4 is 4.72 Å². The lowest BCUT2D eigenvalue weighted by atomic mass is 10.1. The summed E-state index contributed by atoms with van der Waals surface area (Å²) >= 11 is 0. The van der Waals surface area contributed by atoms with Gasteiger partial charge in [-0.2, -0.15) is 0 Å². The monoisotopic (exact) mass is 311 g/mol. The Kier molecular flexibility index (Phi) is 3.94. The molecule has 0 bridgehead atoms. The molecule has 0 aliphatic carbocycles. The lowest BCUT2D eigenvalue weighted by Crippen LogP contribution is -2.50. The molecule has 2 heterocycles. The van der Waals surface area contributed by atoms with Crippen molar-refractivity contribution in [3.63, 3.8) is 0 Å². The average molecular weight is 311 g/mol. The average Bonchev–Trinajstić information content (AvgIpc) is 2.95. The van der Waals surface area contributed by atoms with Crippen LogP contribution in [0.3, 0.4) is 0 Å². The molecule has 0 radical (unpaired) electrons. The molecule has 1 aromatic carbocycles. The van der Waals surface area contributed by atoms with Crippen molar-refractivity contribution < 1.29 is 17.9 Å². The summed E-state index contributed by atoms with van der Waals surface area (Å²) in [5.74, 6) is 0. The fraction of sp³-hybridized carbons (Fsp3) is 0.462. The minimum Gasteiger partial charge on any atom is -0.380 e. The van der Waals surface area contributed by atoms with Gasteiger partial charge in [0, 0.05) is 13.7 Å². The van der Waals surface area contributed by atoms with Crippen molar-refractivity contribution in [2.75, 3.05) is 20.3 Å². The molecule has 2 atom stereocenters. The zero-order valence-electron chi connectivity index (χ0n) is 11.6. The van der Waals surface area contributed by atoms with Gasteiger partial charge in [-0.3, -0.25) is 0 Å². The predicted molar refractivity (Wildman–Crippen MR) is 76.4 cm³/mol. The quantitative estimate of drug-likeness (QED) is 0.864. The van der Waals surface area contributed by atoms with Crippen molar-refractivity contribution in [1.29, 1.82) is 0 Å². The Bertz CT molecular complexity index is 728. The predicted octanol–water partition coefficient (Wildman–Crippen LogP) is 0.645. The number of ether oxygens (including phenoxy) is 2. The summed E-state index contributed by atoms with van der Waals surface area (Å²) in [5.41, 5.74) is 1.41. The van der Waals surface area contributed by atoms with Crippen molar-refractivity contribution in [1.82, 2.24) is 14.7 Å². The van der Waals surface area contributed by atoms with E-state index < -0.39 is 10.0 Å². The Morgan fingerprint density at radius 1 is 1.48 bits per heavy atom. The van der Waals surface area contributed by atoms with Gasteiger partial charge in [0.2, 0.25) is 10.0 Å². The Morgan fingerprint density at radius 3 is 3.14 bits per heavy atom. The van der Waals surface area contributed by atoms with Crippen LogP contribution in [-0.2, 0) is 19.5 Å². The van der Waals surface area contributed by atoms with Gasteiger partial charge in [0.25, 0.3) is 0 Å². The number of aromatic amines is 1. The van der Waals surface area contributed by atoms with Crippen molar-refractivity contribution in [3.8, 4) is 0 Å². The van der Waals surface area contributed by atoms with Crippen molar-refractivity contribution in [2.24, 2.45) is 0 Å². The summed E-state index contributed by atoms with van der Waals surface area (Å²) in [7, 11) is -2.05. The van der Waals surface area contributed by atoms with Gasteiger partial charge in [-0.1, -0.05) is 0 Å². The van der Waals surface area contributed by atoms with Gasteiger partial charge in [0.15, 0.2) is 0 Å². The van der Waals surface area contributed by atoms with E-state index in [1.807, 2.05) is 0 Å². The van der Waals surface area contributed by atoms with Gasteiger partial charge in [0.05, 0.1) is 41.0 Å². The van der Waals surface area contributed by atoms with E-state index >= 15 is 0 Å². The highest BCUT2D eigenvalue weighted by atomic mass is 32.2. The van der Waals surface area contributed by atoms with Crippen LogP contribution in [0.1, 0.15) is 6.42 Å². The summed E-state index contributed by atoms with van der Waals surface area (Å²) in [5, 5.41) is 0. The number of imidazole rings is 1. The van der Waals surface area contributed by atoms with E-state index in [2.05, 4.69) is 14.7 Å². The number of H-pyrrole nitrogens is 1. The maximum atomic E-state index is 12.5. The molecule has 1 aromatic heterocycles. The smallest absolute Gasteiger partial charge is 0.241 e. The Hall–Kier alpha value is -1.48. The molecule has 2 aromatic rings. The molecule has 1 saturated heterocycles. The molecular weight excluding hydrogens is 294 g/mol. The van der Waals surface area contributed by atoms with Crippen molar-refractivity contribution in [2.45, 2.75) is 23.5 Å². The first-order valence-corrected chi connectivity index (χ1v) is 8.14. The van der Waals surface area contributed by atoms with E-state index in [1.54, 1.807) is 19.2 Å². The zero-order valence-corrected chi connectivity index (χ0v) is 12.4. The Morgan fingerprint density at radius 2 is 2.33 bits per heavy atom. The second kappa shape index (κ2) is 5.72. The number of nitrogens with one attached hydrogen (secondary N) is 2. The van der Waals surface area contributed by atoms with Crippen LogP contribution in [0.5, 0.6) is 0 Å². The first-order valence-electron chi connectivity index (χ1n) is 6.66. The van der Waals surface area contributed by atoms with Crippen LogP contribution in [0, 0.1) is 0 Å². The molecule has 7 nitrogen and oxygen atoms in total. The number of benzene rings is 1. The summed E-state index contributed by atoms with van der Waals surface area (Å²) in [6, 6.07) is 4.39. The van der Waals surface area contributed by atoms with Gasteiger partial charge in [-0.25, -0.2) is 18.1 Å². The van der Waals surface area contributed by atoms with Crippen LogP contribution in [0.15, 0.2) is 29.4 Å². The van der Waals surface area contributed by atoms with Gasteiger partial charge in [0.1, 0.15) is 0 Å². The summed E-state index contributed by atoms with van der Waals surface area (Å²) in [6.45, 7) is 0.890. The fourth-order valence-electron chi connectivity index (χ4n) is 2.46. The molecule has 0 unspecified atom stereocenters. The second-order valence-corrected chi connectivity index (χ2v) is 6.66. The highest BCUT2D eigenvalue weighted by molar-refractivity contribution is 7.89. The minimum absolute atomic E-state index is 0.176. The topological polar surface area (TPSA) is 93.3 Å². The molecule has 0 amide bonds. The summed E-state index contributed by atoms with van der Waals surface area (Å²) in [4.78, 5) is 7.17. The second-order valence-electron chi connectivity index (χ2n) is 4.95. The number of hydrogen-bond acceptors (Lipinski definition) is 5. The first kappa shape index (κ1) is 14.5. The molecule has 114 valence electrons. The van der Waals surface area contributed by atoms with Gasteiger partial charge in [-0.05, 0) is 24.6 Å². The largest absolute Gasteiger partial charge is 0.380 e. The SMILES string of the molecule is CO[C@@H]1CCOC[C@H]1NS(=O)(=O)c1ccc2nc[nH]c2c1. The molecule has 2 N–H and O–H groups in total. The van der Waals surface area contributed by atoms with Gasteiger partial charge >= 0.3 is 0 Å².